The van der Waals surface area contributed by atoms with Crippen molar-refractivity contribution in [1.82, 2.24) is 4.90 Å². The molecule has 0 saturated carbocycles. The Morgan fingerprint density at radius 2 is 2.08 bits per heavy atom. The fraction of sp³-hybridized carbons (Fsp3) is 0.550. The highest BCUT2D eigenvalue weighted by Crippen LogP contribution is 2.29. The van der Waals surface area contributed by atoms with Gasteiger partial charge < -0.3 is 9.32 Å². The molecule has 142 valence electrons. The number of aryl methyl sites for hydroxylation is 1. The van der Waals surface area contributed by atoms with Crippen molar-refractivity contribution in [2.24, 2.45) is 0 Å². The standard InChI is InChI=1S/C20H27NO4S/c1-5-21(16-6-7-26(23,24)12-16)20(22)9-15-11-25-19-8-14(4)17(13(2)3)10-18(15)19/h8,10-11,13,16H,5-7,9,12H2,1-4H3. The third-order valence-electron chi connectivity index (χ3n) is 5.32. The zero-order chi connectivity index (χ0) is 19.1. The second-order valence-electron chi connectivity index (χ2n) is 7.53. The van der Waals surface area contributed by atoms with Gasteiger partial charge in [0.2, 0.25) is 5.91 Å². The summed E-state index contributed by atoms with van der Waals surface area (Å²) in [5, 5.41) is 0.975. The first-order valence-electron chi connectivity index (χ1n) is 9.22. The van der Waals surface area contributed by atoms with Gasteiger partial charge in [0.1, 0.15) is 5.58 Å². The van der Waals surface area contributed by atoms with E-state index in [2.05, 4.69) is 26.8 Å². The van der Waals surface area contributed by atoms with Gasteiger partial charge in [0.05, 0.1) is 24.2 Å². The molecule has 1 aliphatic heterocycles. The second-order valence-corrected chi connectivity index (χ2v) is 9.76. The van der Waals surface area contributed by atoms with Crippen molar-refractivity contribution < 1.29 is 17.6 Å². The summed E-state index contributed by atoms with van der Waals surface area (Å²) in [5.74, 6) is 0.611. The summed E-state index contributed by atoms with van der Waals surface area (Å²) in [6.07, 6.45) is 2.42. The molecule has 0 bridgehead atoms. The number of nitrogens with zero attached hydrogens (tertiary/aromatic N) is 1. The van der Waals surface area contributed by atoms with Crippen molar-refractivity contribution in [2.45, 2.75) is 52.5 Å². The van der Waals surface area contributed by atoms with E-state index in [0.29, 0.717) is 18.9 Å². The molecule has 0 radical (unpaired) electrons. The van der Waals surface area contributed by atoms with Crippen molar-refractivity contribution in [1.29, 1.82) is 0 Å². The number of benzene rings is 1. The van der Waals surface area contributed by atoms with Crippen LogP contribution >= 0.6 is 0 Å². The largest absolute Gasteiger partial charge is 0.464 e. The highest BCUT2D eigenvalue weighted by atomic mass is 32.2. The van der Waals surface area contributed by atoms with Crippen LogP contribution in [0.15, 0.2) is 22.8 Å². The number of fused-ring (bicyclic) bond motifs is 1. The molecule has 0 spiro atoms. The minimum Gasteiger partial charge on any atom is -0.464 e. The molecular formula is C20H27NO4S. The van der Waals surface area contributed by atoms with E-state index >= 15 is 0 Å². The van der Waals surface area contributed by atoms with E-state index in [1.165, 1.54) is 11.1 Å². The van der Waals surface area contributed by atoms with E-state index in [1.807, 2.05) is 13.0 Å². The maximum Gasteiger partial charge on any atom is 0.227 e. The second kappa shape index (κ2) is 7.06. The van der Waals surface area contributed by atoms with Gasteiger partial charge in [0.25, 0.3) is 0 Å². The highest BCUT2D eigenvalue weighted by Gasteiger charge is 2.34. The minimum absolute atomic E-state index is 0.0380. The molecule has 26 heavy (non-hydrogen) atoms. The Kier molecular flexibility index (Phi) is 5.15. The Hall–Kier alpha value is -1.82. The van der Waals surface area contributed by atoms with Crippen molar-refractivity contribution in [3.05, 3.63) is 35.1 Å². The molecular weight excluding hydrogens is 350 g/mol. The number of amides is 1. The van der Waals surface area contributed by atoms with Gasteiger partial charge in [-0.2, -0.15) is 0 Å². The molecule has 5 nitrogen and oxygen atoms in total. The van der Waals surface area contributed by atoms with Crippen LogP contribution in [0, 0.1) is 6.92 Å². The van der Waals surface area contributed by atoms with E-state index in [4.69, 9.17) is 4.42 Å². The molecule has 0 aliphatic carbocycles. The smallest absolute Gasteiger partial charge is 0.227 e. The van der Waals surface area contributed by atoms with Gasteiger partial charge >= 0.3 is 0 Å². The first-order valence-corrected chi connectivity index (χ1v) is 11.0. The molecule has 1 atom stereocenters. The molecule has 1 aliphatic rings. The van der Waals surface area contributed by atoms with Crippen LogP contribution < -0.4 is 0 Å². The third-order valence-corrected chi connectivity index (χ3v) is 7.07. The number of sulfone groups is 1. The topological polar surface area (TPSA) is 67.6 Å². The van der Waals surface area contributed by atoms with Gasteiger partial charge in [0.15, 0.2) is 9.84 Å². The Balaban J connectivity index is 1.85. The minimum atomic E-state index is -3.01. The Labute approximate surface area is 155 Å². The number of hydrogen-bond acceptors (Lipinski definition) is 4. The summed E-state index contributed by atoms with van der Waals surface area (Å²) in [6.45, 7) is 8.79. The molecule has 0 N–H and O–H groups in total. The molecule has 2 aromatic rings. The lowest BCUT2D eigenvalue weighted by atomic mass is 9.95. The monoisotopic (exact) mass is 377 g/mol. The molecule has 1 aromatic carbocycles. The predicted octanol–water partition coefficient (Wildman–Crippen LogP) is 3.44. The Bertz CT molecular complexity index is 927. The summed E-state index contributed by atoms with van der Waals surface area (Å²) >= 11 is 0. The highest BCUT2D eigenvalue weighted by molar-refractivity contribution is 7.91. The van der Waals surface area contributed by atoms with Crippen LogP contribution in [0.3, 0.4) is 0 Å². The van der Waals surface area contributed by atoms with Crippen LogP contribution in [0.25, 0.3) is 11.0 Å². The van der Waals surface area contributed by atoms with Crippen molar-refractivity contribution in [2.75, 3.05) is 18.1 Å². The van der Waals surface area contributed by atoms with Gasteiger partial charge in [-0.05, 0) is 49.4 Å². The lowest BCUT2D eigenvalue weighted by molar-refractivity contribution is -0.132. The van der Waals surface area contributed by atoms with Crippen molar-refractivity contribution in [3.63, 3.8) is 0 Å². The Morgan fingerprint density at radius 3 is 2.65 bits per heavy atom. The van der Waals surface area contributed by atoms with Crippen LogP contribution in [-0.4, -0.2) is 43.3 Å². The zero-order valence-electron chi connectivity index (χ0n) is 15.9. The molecule has 3 rings (SSSR count). The summed E-state index contributed by atoms with van der Waals surface area (Å²) in [6, 6.07) is 3.95. The Morgan fingerprint density at radius 1 is 1.35 bits per heavy atom. The lowest BCUT2D eigenvalue weighted by Crippen LogP contribution is -2.41. The van der Waals surface area contributed by atoms with Gasteiger partial charge in [-0.1, -0.05) is 13.8 Å². The molecule has 2 heterocycles. The molecule has 1 saturated heterocycles. The molecule has 1 aromatic heterocycles. The molecule has 6 heteroatoms. The van der Waals surface area contributed by atoms with Crippen molar-refractivity contribution >= 4 is 26.7 Å². The number of likely N-dealkylation sites (N-methyl/N-ethyl adjacent to an activating group) is 1. The van der Waals surface area contributed by atoms with Crippen LogP contribution in [0.5, 0.6) is 0 Å². The van der Waals surface area contributed by atoms with Crippen LogP contribution in [0.2, 0.25) is 0 Å². The summed E-state index contributed by atoms with van der Waals surface area (Å²) in [5.41, 5.74) is 4.10. The van der Waals surface area contributed by atoms with Crippen LogP contribution in [-0.2, 0) is 21.1 Å². The van der Waals surface area contributed by atoms with E-state index < -0.39 is 9.84 Å². The maximum absolute atomic E-state index is 12.9. The zero-order valence-corrected chi connectivity index (χ0v) is 16.7. The van der Waals surface area contributed by atoms with Gasteiger partial charge in [-0.25, -0.2) is 8.42 Å². The normalized spacial score (nSPS) is 19.3. The average Bonchev–Trinajstić information content (AvgIpc) is 3.10. The molecule has 1 unspecified atom stereocenters. The number of carbonyl (C=O) groups is 1. The predicted molar refractivity (Wildman–Crippen MR) is 103 cm³/mol. The third kappa shape index (κ3) is 3.65. The quantitative estimate of drug-likeness (QED) is 0.800. The van der Waals surface area contributed by atoms with Gasteiger partial charge in [-0.3, -0.25) is 4.79 Å². The number of furan rings is 1. The average molecular weight is 378 g/mol. The van der Waals surface area contributed by atoms with Crippen molar-refractivity contribution in [3.8, 4) is 0 Å². The van der Waals surface area contributed by atoms with E-state index in [1.54, 1.807) is 11.2 Å². The van der Waals surface area contributed by atoms with Gasteiger partial charge in [-0.15, -0.1) is 0 Å². The number of carbonyl (C=O) groups excluding carboxylic acids is 1. The first-order chi connectivity index (χ1) is 12.2. The fourth-order valence-electron chi connectivity index (χ4n) is 3.93. The first kappa shape index (κ1) is 19.0. The summed E-state index contributed by atoms with van der Waals surface area (Å²) in [4.78, 5) is 14.6. The van der Waals surface area contributed by atoms with Crippen LogP contribution in [0.4, 0.5) is 0 Å². The van der Waals surface area contributed by atoms with Crippen LogP contribution in [0.1, 0.15) is 49.8 Å². The SMILES string of the molecule is CCN(C(=O)Cc1coc2cc(C)c(C(C)C)cc12)C1CCS(=O)(=O)C1. The molecule has 1 fully saturated rings. The fourth-order valence-corrected chi connectivity index (χ4v) is 5.66. The summed E-state index contributed by atoms with van der Waals surface area (Å²) in [7, 11) is -3.01. The molecule has 1 amide bonds. The maximum atomic E-state index is 12.9. The van der Waals surface area contributed by atoms with E-state index in [9.17, 15) is 13.2 Å². The van der Waals surface area contributed by atoms with E-state index in [-0.39, 0.29) is 29.9 Å². The number of rotatable bonds is 5. The lowest BCUT2D eigenvalue weighted by Gasteiger charge is -2.26. The number of hydrogen-bond donors (Lipinski definition) is 0. The van der Waals surface area contributed by atoms with Gasteiger partial charge in [0, 0.05) is 23.5 Å². The summed E-state index contributed by atoms with van der Waals surface area (Å²) < 4.78 is 29.2. The van der Waals surface area contributed by atoms with E-state index in [0.717, 1.165) is 16.5 Å².